The Morgan fingerprint density at radius 1 is 1.46 bits per heavy atom. The van der Waals surface area contributed by atoms with Crippen LogP contribution in [-0.4, -0.2) is 23.7 Å². The largest absolute Gasteiger partial charge is 0.462 e. The molecule has 0 fully saturated rings. The highest BCUT2D eigenvalue weighted by atomic mass is 19.2. The molecule has 128 valence electrons. The molecule has 24 heavy (non-hydrogen) atoms. The number of esters is 1. The van der Waals surface area contributed by atoms with Gasteiger partial charge in [0.1, 0.15) is 11.4 Å². The summed E-state index contributed by atoms with van der Waals surface area (Å²) in [6, 6.07) is 0.926. The third-order valence-corrected chi connectivity index (χ3v) is 4.16. The van der Waals surface area contributed by atoms with Crippen LogP contribution in [0.5, 0.6) is 0 Å². The number of pyridine rings is 1. The van der Waals surface area contributed by atoms with Crippen molar-refractivity contribution in [2.75, 3.05) is 24.2 Å². The van der Waals surface area contributed by atoms with Gasteiger partial charge in [0, 0.05) is 12.6 Å². The van der Waals surface area contributed by atoms with E-state index in [-0.39, 0.29) is 28.9 Å². The fourth-order valence-corrected chi connectivity index (χ4v) is 3.08. The number of fused-ring (bicyclic) bond motifs is 3. The topological polar surface area (TPSA) is 86.3 Å². The van der Waals surface area contributed by atoms with E-state index >= 15 is 0 Å². The van der Waals surface area contributed by atoms with Crippen molar-refractivity contribution >= 4 is 28.4 Å². The molecule has 1 aliphatic rings. The minimum Gasteiger partial charge on any atom is -0.462 e. The Morgan fingerprint density at radius 3 is 2.75 bits per heavy atom. The highest BCUT2D eigenvalue weighted by Crippen LogP contribution is 2.37. The van der Waals surface area contributed by atoms with Crippen molar-refractivity contribution < 1.29 is 18.3 Å². The number of carbonyl (C=O) groups excluding carboxylic acids is 1. The maximum absolute atomic E-state index is 13.9. The number of halogens is 2. The molecule has 3 N–H and O–H groups in total. The molecule has 0 aliphatic carbocycles. The summed E-state index contributed by atoms with van der Waals surface area (Å²) in [4.78, 5) is 25.0. The van der Waals surface area contributed by atoms with Crippen molar-refractivity contribution in [3.63, 3.8) is 0 Å². The molecule has 1 aromatic carbocycles. The van der Waals surface area contributed by atoms with E-state index in [1.54, 1.807) is 11.5 Å². The second-order valence-electron chi connectivity index (χ2n) is 6.25. The Balaban J connectivity index is 2.55. The predicted octanol–water partition coefficient (Wildman–Crippen LogP) is 2.20. The van der Waals surface area contributed by atoms with E-state index in [1.807, 2.05) is 13.8 Å². The number of nitrogens with zero attached hydrogens (tertiary/aromatic N) is 1. The number of nitrogens with two attached hydrogens (primary N) is 1. The van der Waals surface area contributed by atoms with Gasteiger partial charge in [0.2, 0.25) is 5.43 Å². The second-order valence-corrected chi connectivity index (χ2v) is 6.25. The molecule has 0 saturated heterocycles. The molecular formula is C16H17F2N3O3. The lowest BCUT2D eigenvalue weighted by Crippen LogP contribution is -2.29. The van der Waals surface area contributed by atoms with Crippen LogP contribution in [-0.2, 0) is 10.3 Å². The Labute approximate surface area is 136 Å². The third kappa shape index (κ3) is 2.05. The summed E-state index contributed by atoms with van der Waals surface area (Å²) < 4.78 is 34.3. The van der Waals surface area contributed by atoms with Gasteiger partial charge in [0.25, 0.3) is 0 Å². The maximum atomic E-state index is 13.9. The van der Waals surface area contributed by atoms with Gasteiger partial charge in [-0.25, -0.2) is 13.6 Å². The molecule has 3 rings (SSSR count). The molecule has 2 aromatic rings. The standard InChI is InChI=1S/C16H17F2N3O3/c1-4-24-15(23)10-13(22)9-8(5-7(17)11(18)12(9)19)21-14(10)20-6-16(21,2)3/h5,20H,4,6,19H2,1-3H3. The van der Waals surface area contributed by atoms with E-state index in [4.69, 9.17) is 10.5 Å². The van der Waals surface area contributed by atoms with Crippen LogP contribution >= 0.6 is 0 Å². The molecule has 0 saturated carbocycles. The second kappa shape index (κ2) is 5.19. The van der Waals surface area contributed by atoms with Gasteiger partial charge in [-0.2, -0.15) is 0 Å². The minimum absolute atomic E-state index is 0.0758. The number of nitrogen functional groups attached to an aromatic ring is 1. The van der Waals surface area contributed by atoms with Crippen molar-refractivity contribution in [1.29, 1.82) is 0 Å². The zero-order valence-corrected chi connectivity index (χ0v) is 13.5. The molecule has 0 bridgehead atoms. The summed E-state index contributed by atoms with van der Waals surface area (Å²) in [5.74, 6) is -3.07. The number of hydrogen-bond acceptors (Lipinski definition) is 5. The van der Waals surface area contributed by atoms with Crippen LogP contribution < -0.4 is 16.5 Å². The SMILES string of the molecule is CCOC(=O)c1c2n(c3cc(F)c(F)c(N)c3c1=O)C(C)(C)CN2. The first-order valence-corrected chi connectivity index (χ1v) is 7.48. The van der Waals surface area contributed by atoms with Gasteiger partial charge < -0.3 is 20.4 Å². The maximum Gasteiger partial charge on any atom is 0.345 e. The van der Waals surface area contributed by atoms with Gasteiger partial charge >= 0.3 is 5.97 Å². The van der Waals surface area contributed by atoms with E-state index in [1.165, 1.54) is 0 Å². The first kappa shape index (κ1) is 16.2. The molecule has 8 heteroatoms. The molecule has 1 aromatic heterocycles. The smallest absolute Gasteiger partial charge is 0.345 e. The summed E-state index contributed by atoms with van der Waals surface area (Å²) in [7, 11) is 0. The van der Waals surface area contributed by atoms with Crippen molar-refractivity contribution in [2.45, 2.75) is 26.3 Å². The van der Waals surface area contributed by atoms with Crippen LogP contribution in [0.25, 0.3) is 10.9 Å². The van der Waals surface area contributed by atoms with Gasteiger partial charge in [-0.05, 0) is 20.8 Å². The van der Waals surface area contributed by atoms with Gasteiger partial charge in [-0.15, -0.1) is 0 Å². The van der Waals surface area contributed by atoms with E-state index < -0.39 is 34.3 Å². The molecule has 1 aliphatic heterocycles. The number of ether oxygens (including phenoxy) is 1. The monoisotopic (exact) mass is 337 g/mol. The zero-order valence-electron chi connectivity index (χ0n) is 13.5. The number of aromatic nitrogens is 1. The number of anilines is 2. The summed E-state index contributed by atoms with van der Waals surface area (Å²) in [6.45, 7) is 5.76. The third-order valence-electron chi connectivity index (χ3n) is 4.16. The molecule has 0 radical (unpaired) electrons. The fraction of sp³-hybridized carbons (Fsp3) is 0.375. The minimum atomic E-state index is -1.31. The van der Waals surface area contributed by atoms with Crippen molar-refractivity contribution in [3.05, 3.63) is 33.5 Å². The first-order valence-electron chi connectivity index (χ1n) is 7.48. The van der Waals surface area contributed by atoms with E-state index in [9.17, 15) is 18.4 Å². The van der Waals surface area contributed by atoms with Crippen LogP contribution in [0.15, 0.2) is 10.9 Å². The van der Waals surface area contributed by atoms with E-state index in [0.717, 1.165) is 6.07 Å². The Morgan fingerprint density at radius 2 is 2.12 bits per heavy atom. The molecule has 0 atom stereocenters. The van der Waals surface area contributed by atoms with Crippen LogP contribution in [0.4, 0.5) is 20.3 Å². The molecule has 2 heterocycles. The number of nitrogens with one attached hydrogen (secondary N) is 1. The van der Waals surface area contributed by atoms with Gasteiger partial charge in [-0.3, -0.25) is 4.79 Å². The zero-order chi connectivity index (χ0) is 17.8. The van der Waals surface area contributed by atoms with Crippen LogP contribution in [0.1, 0.15) is 31.1 Å². The lowest BCUT2D eigenvalue weighted by molar-refractivity contribution is 0.0525. The Bertz CT molecular complexity index is 935. The fourth-order valence-electron chi connectivity index (χ4n) is 3.08. The van der Waals surface area contributed by atoms with Crippen LogP contribution in [0.2, 0.25) is 0 Å². The Hall–Kier alpha value is -2.64. The van der Waals surface area contributed by atoms with Crippen molar-refractivity contribution in [3.8, 4) is 0 Å². The van der Waals surface area contributed by atoms with E-state index in [2.05, 4.69) is 5.32 Å². The lowest BCUT2D eigenvalue weighted by Gasteiger charge is -2.24. The summed E-state index contributed by atoms with van der Waals surface area (Å²) in [5, 5.41) is 2.77. The quantitative estimate of drug-likeness (QED) is 0.648. The van der Waals surface area contributed by atoms with Gasteiger partial charge in [-0.1, -0.05) is 0 Å². The molecular weight excluding hydrogens is 320 g/mol. The first-order chi connectivity index (χ1) is 11.2. The average molecular weight is 337 g/mol. The number of rotatable bonds is 2. The normalized spacial score (nSPS) is 15.2. The van der Waals surface area contributed by atoms with Gasteiger partial charge in [0.15, 0.2) is 11.6 Å². The summed E-state index contributed by atoms with van der Waals surface area (Å²) in [6.07, 6.45) is 0. The number of carbonyl (C=O) groups is 1. The summed E-state index contributed by atoms with van der Waals surface area (Å²) in [5.41, 5.74) is 3.54. The molecule has 0 amide bonds. The highest BCUT2D eigenvalue weighted by molar-refractivity contribution is 6.03. The Kier molecular flexibility index (Phi) is 3.51. The van der Waals surface area contributed by atoms with E-state index in [0.29, 0.717) is 6.54 Å². The van der Waals surface area contributed by atoms with Crippen molar-refractivity contribution in [2.24, 2.45) is 0 Å². The highest BCUT2D eigenvalue weighted by Gasteiger charge is 2.36. The lowest BCUT2D eigenvalue weighted by atomic mass is 10.0. The molecule has 0 spiro atoms. The van der Waals surface area contributed by atoms with Crippen LogP contribution in [0, 0.1) is 11.6 Å². The number of hydrogen-bond donors (Lipinski definition) is 2. The molecule has 0 unspecified atom stereocenters. The van der Waals surface area contributed by atoms with Crippen LogP contribution in [0.3, 0.4) is 0 Å². The van der Waals surface area contributed by atoms with Gasteiger partial charge in [0.05, 0.1) is 28.7 Å². The average Bonchev–Trinajstić information content (AvgIpc) is 2.80. The van der Waals surface area contributed by atoms with Crippen molar-refractivity contribution in [1.82, 2.24) is 4.57 Å². The predicted molar refractivity (Wildman–Crippen MR) is 86.3 cm³/mol. The summed E-state index contributed by atoms with van der Waals surface area (Å²) >= 11 is 0. The molecule has 6 nitrogen and oxygen atoms in total. The number of benzene rings is 1.